The zero-order valence-electron chi connectivity index (χ0n) is 19.7. The van der Waals surface area contributed by atoms with Gasteiger partial charge in [0.2, 0.25) is 5.91 Å². The Balaban J connectivity index is 1.15. The zero-order chi connectivity index (χ0) is 24.2. The average Bonchev–Trinajstić information content (AvgIpc) is 3.37. The Labute approximate surface area is 204 Å². The number of hydrogen-bond acceptors (Lipinski definition) is 4. The number of unbranched alkanes of at least 4 members (excludes halogenated alkanes) is 1. The number of amides is 1. The number of nitrogens with zero attached hydrogens (tertiary/aromatic N) is 3. The van der Waals surface area contributed by atoms with Crippen LogP contribution in [-0.4, -0.2) is 33.6 Å². The van der Waals surface area contributed by atoms with Gasteiger partial charge < -0.3 is 10.6 Å². The van der Waals surface area contributed by atoms with Gasteiger partial charge in [0.25, 0.3) is 0 Å². The molecule has 0 spiro atoms. The molecule has 1 saturated carbocycles. The number of anilines is 1. The average molecular weight is 470 g/mol. The van der Waals surface area contributed by atoms with Gasteiger partial charge in [-0.3, -0.25) is 4.79 Å². The molecule has 0 bridgehead atoms. The van der Waals surface area contributed by atoms with E-state index in [-0.39, 0.29) is 17.5 Å². The number of rotatable bonds is 8. The Bertz CT molecular complexity index is 1370. The number of aromatic nitrogens is 3. The van der Waals surface area contributed by atoms with E-state index in [1.54, 1.807) is 0 Å². The molecule has 5 rings (SSSR count). The van der Waals surface area contributed by atoms with E-state index in [0.29, 0.717) is 24.6 Å². The highest BCUT2D eigenvalue weighted by molar-refractivity contribution is 5.80. The molecule has 0 radical (unpaired) electrons. The summed E-state index contributed by atoms with van der Waals surface area (Å²) in [5.74, 6) is 0.360. The molecule has 0 unspecified atom stereocenters. The molecule has 2 aliphatic rings. The molecule has 7 heteroatoms. The fraction of sp³-hybridized carbons (Fsp3) is 0.286. The summed E-state index contributed by atoms with van der Waals surface area (Å²) >= 11 is 0. The Morgan fingerprint density at radius 2 is 1.89 bits per heavy atom. The van der Waals surface area contributed by atoms with Crippen molar-refractivity contribution < 1.29 is 9.18 Å². The maximum absolute atomic E-state index is 14.3. The molecule has 178 valence electrons. The molecule has 2 heterocycles. The summed E-state index contributed by atoms with van der Waals surface area (Å²) in [5, 5.41) is 10.6. The van der Waals surface area contributed by atoms with Crippen LogP contribution in [0, 0.1) is 18.7 Å². The molecule has 3 aromatic rings. The summed E-state index contributed by atoms with van der Waals surface area (Å²) in [7, 11) is 0. The van der Waals surface area contributed by atoms with Crippen molar-refractivity contribution in [2.45, 2.75) is 32.6 Å². The van der Waals surface area contributed by atoms with Crippen molar-refractivity contribution in [1.82, 2.24) is 19.9 Å². The molecule has 35 heavy (non-hydrogen) atoms. The summed E-state index contributed by atoms with van der Waals surface area (Å²) in [5.41, 5.74) is 8.48. The lowest BCUT2D eigenvalue weighted by molar-refractivity contribution is -0.124. The molecule has 1 fully saturated rings. The number of carbonyl (C=O) groups is 1. The van der Waals surface area contributed by atoms with E-state index in [1.807, 2.05) is 49.4 Å². The maximum atomic E-state index is 14.3. The van der Waals surface area contributed by atoms with Gasteiger partial charge in [0.05, 0.1) is 11.9 Å². The van der Waals surface area contributed by atoms with E-state index in [0.717, 1.165) is 36.8 Å². The minimum absolute atomic E-state index is 0.00482. The SMILES string of the molecule is Cc1ccccc1-c1cc(NCCCCNC(=O)C2CC3=CC=C=CC=C3C2)n2ncc(F)c2n1. The molecule has 0 aliphatic heterocycles. The number of halogens is 1. The smallest absolute Gasteiger partial charge is 0.223 e. The second-order valence-corrected chi connectivity index (χ2v) is 8.98. The van der Waals surface area contributed by atoms with Gasteiger partial charge in [-0.15, -0.1) is 5.73 Å². The standard InChI is InChI=1S/C28H28FN5O/c1-19-9-5-6-12-23(19)25-17-26(34-27(33-25)24(29)18-32-34)30-13-7-8-14-31-28(35)22-15-20-10-3-2-4-11-21(20)16-22/h3-6,9-12,17-18,22,30H,7-8,13-16H2,1H3,(H,31,35). The van der Waals surface area contributed by atoms with Gasteiger partial charge in [-0.05, 0) is 61.5 Å². The van der Waals surface area contributed by atoms with Crippen molar-refractivity contribution >= 4 is 17.4 Å². The van der Waals surface area contributed by atoms with Crippen molar-refractivity contribution in [1.29, 1.82) is 0 Å². The topological polar surface area (TPSA) is 71.3 Å². The van der Waals surface area contributed by atoms with Crippen molar-refractivity contribution in [2.24, 2.45) is 5.92 Å². The molecule has 2 aromatic heterocycles. The number of fused-ring (bicyclic) bond motifs is 2. The van der Waals surface area contributed by atoms with E-state index in [2.05, 4.69) is 38.6 Å². The van der Waals surface area contributed by atoms with E-state index in [4.69, 9.17) is 0 Å². The van der Waals surface area contributed by atoms with Gasteiger partial charge in [0, 0.05) is 30.6 Å². The normalized spacial score (nSPS) is 15.0. The van der Waals surface area contributed by atoms with E-state index < -0.39 is 5.82 Å². The molecule has 6 nitrogen and oxygen atoms in total. The lowest BCUT2D eigenvalue weighted by Crippen LogP contribution is -2.30. The van der Waals surface area contributed by atoms with Crippen LogP contribution in [0.4, 0.5) is 10.2 Å². The lowest BCUT2D eigenvalue weighted by Gasteiger charge is -2.12. The molecule has 2 aliphatic carbocycles. The molecular formula is C28H28FN5O. The summed E-state index contributed by atoms with van der Waals surface area (Å²) in [6.07, 6.45) is 12.4. The first-order valence-electron chi connectivity index (χ1n) is 12.0. The van der Waals surface area contributed by atoms with Crippen LogP contribution < -0.4 is 10.6 Å². The molecular weight excluding hydrogens is 441 g/mol. The largest absolute Gasteiger partial charge is 0.370 e. The number of allylic oxidation sites excluding steroid dienone is 5. The van der Waals surface area contributed by atoms with Crippen molar-refractivity contribution in [3.05, 3.63) is 89.1 Å². The van der Waals surface area contributed by atoms with Crippen LogP contribution >= 0.6 is 0 Å². The summed E-state index contributed by atoms with van der Waals surface area (Å²) < 4.78 is 15.8. The lowest BCUT2D eigenvalue weighted by atomic mass is 10.1. The molecule has 2 N–H and O–H groups in total. The Kier molecular flexibility index (Phi) is 6.59. The molecule has 1 aromatic carbocycles. The predicted octanol–water partition coefficient (Wildman–Crippen LogP) is 5.14. The maximum Gasteiger partial charge on any atom is 0.223 e. The summed E-state index contributed by atoms with van der Waals surface area (Å²) in [6.45, 7) is 3.31. The fourth-order valence-corrected chi connectivity index (χ4v) is 4.64. The van der Waals surface area contributed by atoms with Gasteiger partial charge >= 0.3 is 0 Å². The predicted molar refractivity (Wildman–Crippen MR) is 135 cm³/mol. The Morgan fingerprint density at radius 1 is 1.14 bits per heavy atom. The molecule has 1 amide bonds. The van der Waals surface area contributed by atoms with Crippen molar-refractivity contribution in [3.63, 3.8) is 0 Å². The monoisotopic (exact) mass is 469 g/mol. The first-order chi connectivity index (χ1) is 17.1. The highest BCUT2D eigenvalue weighted by atomic mass is 19.1. The van der Waals surface area contributed by atoms with E-state index in [9.17, 15) is 9.18 Å². The zero-order valence-corrected chi connectivity index (χ0v) is 19.7. The van der Waals surface area contributed by atoms with E-state index in [1.165, 1.54) is 21.9 Å². The minimum atomic E-state index is -0.452. The third-order valence-corrected chi connectivity index (χ3v) is 6.54. The number of benzene rings is 1. The number of hydrogen-bond donors (Lipinski definition) is 2. The van der Waals surface area contributed by atoms with Crippen LogP contribution in [0.2, 0.25) is 0 Å². The highest BCUT2D eigenvalue weighted by Crippen LogP contribution is 2.36. The molecule has 0 saturated heterocycles. The first-order valence-corrected chi connectivity index (χ1v) is 12.0. The van der Waals surface area contributed by atoms with Crippen LogP contribution in [0.5, 0.6) is 0 Å². The van der Waals surface area contributed by atoms with E-state index >= 15 is 0 Å². The third kappa shape index (κ3) is 4.96. The van der Waals surface area contributed by atoms with Crippen molar-refractivity contribution in [2.75, 3.05) is 18.4 Å². The van der Waals surface area contributed by atoms with Crippen LogP contribution in [-0.2, 0) is 4.79 Å². The van der Waals surface area contributed by atoms with Gasteiger partial charge in [-0.1, -0.05) is 36.4 Å². The first kappa shape index (κ1) is 22.8. The summed E-state index contributed by atoms with van der Waals surface area (Å²) in [6, 6.07) is 9.82. The number of carbonyl (C=O) groups excluding carboxylic acids is 1. The Morgan fingerprint density at radius 3 is 2.66 bits per heavy atom. The Hall–Kier alpha value is -3.96. The number of nitrogens with one attached hydrogen (secondary N) is 2. The van der Waals surface area contributed by atoms with Gasteiger partial charge in [0.15, 0.2) is 11.5 Å². The van der Waals surface area contributed by atoms with Crippen LogP contribution in [0.25, 0.3) is 16.9 Å². The molecule has 0 atom stereocenters. The summed E-state index contributed by atoms with van der Waals surface area (Å²) in [4.78, 5) is 17.1. The second kappa shape index (κ2) is 10.1. The van der Waals surface area contributed by atoms with Crippen LogP contribution in [0.15, 0.2) is 77.7 Å². The third-order valence-electron chi connectivity index (χ3n) is 6.54. The van der Waals surface area contributed by atoms with Crippen LogP contribution in [0.1, 0.15) is 31.2 Å². The number of aryl methyl sites for hydroxylation is 1. The second-order valence-electron chi connectivity index (χ2n) is 8.98. The van der Waals surface area contributed by atoms with Gasteiger partial charge in [-0.2, -0.15) is 9.61 Å². The van der Waals surface area contributed by atoms with Crippen molar-refractivity contribution in [3.8, 4) is 11.3 Å². The fourth-order valence-electron chi connectivity index (χ4n) is 4.64. The van der Waals surface area contributed by atoms with Gasteiger partial charge in [0.1, 0.15) is 5.82 Å². The van der Waals surface area contributed by atoms with Gasteiger partial charge in [-0.25, -0.2) is 9.37 Å². The highest BCUT2D eigenvalue weighted by Gasteiger charge is 2.29. The minimum Gasteiger partial charge on any atom is -0.370 e. The quantitative estimate of drug-likeness (QED) is 0.354. The van der Waals surface area contributed by atoms with Crippen LogP contribution in [0.3, 0.4) is 0 Å².